The number of hydrogen-bond donors (Lipinski definition) is 3. The van der Waals surface area contributed by atoms with Crippen molar-refractivity contribution in [3.8, 4) is 11.3 Å². The van der Waals surface area contributed by atoms with Crippen LogP contribution in [0.1, 0.15) is 25.7 Å². The van der Waals surface area contributed by atoms with Crippen LogP contribution in [0.5, 0.6) is 0 Å². The van der Waals surface area contributed by atoms with Crippen LogP contribution in [0, 0.1) is 0 Å². The van der Waals surface area contributed by atoms with Crippen LogP contribution in [0.4, 0.5) is 5.95 Å². The molecule has 0 aliphatic carbocycles. The number of amides is 2. The molecule has 3 aromatic rings. The Morgan fingerprint density at radius 3 is 2.95 bits per heavy atom. The summed E-state index contributed by atoms with van der Waals surface area (Å²) in [6.07, 6.45) is 9.71. The zero-order valence-electron chi connectivity index (χ0n) is 21.3. The lowest BCUT2D eigenvalue weighted by Crippen LogP contribution is -2.32. The quantitative estimate of drug-likeness (QED) is 0.261. The van der Waals surface area contributed by atoms with Gasteiger partial charge in [-0.3, -0.25) is 9.59 Å². The molecule has 1 aliphatic heterocycles. The summed E-state index contributed by atoms with van der Waals surface area (Å²) in [6.45, 7) is 2.60. The van der Waals surface area contributed by atoms with Gasteiger partial charge in [0.15, 0.2) is 0 Å². The van der Waals surface area contributed by atoms with Crippen LogP contribution < -0.4 is 10.6 Å². The lowest BCUT2D eigenvalue weighted by molar-refractivity contribution is -0.130. The molecule has 3 N–H and O–H groups in total. The van der Waals surface area contributed by atoms with E-state index in [0.717, 1.165) is 42.3 Å². The van der Waals surface area contributed by atoms with Crippen molar-refractivity contribution in [2.75, 3.05) is 45.6 Å². The topological polar surface area (TPSA) is 106 Å². The number of nitrogens with zero attached hydrogens (tertiary/aromatic N) is 4. The zero-order valence-corrected chi connectivity index (χ0v) is 22.1. The highest BCUT2D eigenvalue weighted by Crippen LogP contribution is 2.32. The van der Waals surface area contributed by atoms with E-state index < -0.39 is 0 Å². The van der Waals surface area contributed by atoms with Crippen molar-refractivity contribution in [2.45, 2.75) is 31.7 Å². The van der Waals surface area contributed by atoms with Gasteiger partial charge < -0.3 is 25.4 Å². The van der Waals surface area contributed by atoms with Crippen molar-refractivity contribution in [1.82, 2.24) is 30.1 Å². The first-order valence-electron chi connectivity index (χ1n) is 12.6. The Balaban J connectivity index is 1.22. The molecule has 1 saturated heterocycles. The van der Waals surface area contributed by atoms with E-state index in [9.17, 15) is 9.59 Å². The number of H-pyrrole nitrogens is 1. The van der Waals surface area contributed by atoms with Crippen LogP contribution in [0.2, 0.25) is 5.02 Å². The number of carbonyl (C=O) groups excluding carboxylic acids is 2. The molecule has 10 heteroatoms. The summed E-state index contributed by atoms with van der Waals surface area (Å²) < 4.78 is 0. The maximum absolute atomic E-state index is 12.7. The molecule has 3 heterocycles. The van der Waals surface area contributed by atoms with Crippen molar-refractivity contribution in [2.24, 2.45) is 0 Å². The van der Waals surface area contributed by atoms with Gasteiger partial charge in [0.05, 0.1) is 16.9 Å². The van der Waals surface area contributed by atoms with Gasteiger partial charge in [0.2, 0.25) is 17.8 Å². The number of aromatic amines is 1. The van der Waals surface area contributed by atoms with Gasteiger partial charge in [-0.2, -0.15) is 0 Å². The van der Waals surface area contributed by atoms with E-state index in [4.69, 9.17) is 16.6 Å². The number of nitrogens with one attached hydrogen (secondary N) is 3. The van der Waals surface area contributed by atoms with Gasteiger partial charge in [0.1, 0.15) is 0 Å². The van der Waals surface area contributed by atoms with Crippen LogP contribution in [0.25, 0.3) is 22.2 Å². The summed E-state index contributed by atoms with van der Waals surface area (Å²) in [7, 11) is 3.90. The minimum atomic E-state index is -0.0982. The monoisotopic (exact) mass is 523 g/mol. The van der Waals surface area contributed by atoms with Crippen molar-refractivity contribution in [1.29, 1.82) is 0 Å². The van der Waals surface area contributed by atoms with Gasteiger partial charge >= 0.3 is 0 Å². The maximum Gasteiger partial charge on any atom is 0.243 e. The molecular weight excluding hydrogens is 490 g/mol. The van der Waals surface area contributed by atoms with Gasteiger partial charge in [-0.15, -0.1) is 0 Å². The maximum atomic E-state index is 12.7. The largest absolute Gasteiger partial charge is 0.360 e. The molecule has 0 saturated carbocycles. The number of halogens is 1. The van der Waals surface area contributed by atoms with Crippen LogP contribution in [-0.2, 0) is 9.59 Å². The number of likely N-dealkylation sites (N-methyl/N-ethyl adjacent to an activating group) is 1. The summed E-state index contributed by atoms with van der Waals surface area (Å²) in [5.41, 5.74) is 2.61. The molecule has 1 unspecified atom stereocenters. The second-order valence-corrected chi connectivity index (χ2v) is 9.93. The zero-order chi connectivity index (χ0) is 26.2. The number of rotatable bonds is 11. The molecule has 1 aliphatic rings. The molecule has 0 bridgehead atoms. The number of benzene rings is 1. The van der Waals surface area contributed by atoms with E-state index in [1.54, 1.807) is 12.3 Å². The van der Waals surface area contributed by atoms with Gasteiger partial charge in [-0.25, -0.2) is 9.97 Å². The smallest absolute Gasteiger partial charge is 0.243 e. The molecule has 2 amide bonds. The van der Waals surface area contributed by atoms with E-state index in [-0.39, 0.29) is 17.9 Å². The normalized spacial score (nSPS) is 15.7. The number of para-hydroxylation sites is 1. The molecular formula is C27H34ClN7O2. The fourth-order valence-corrected chi connectivity index (χ4v) is 4.57. The molecule has 1 aromatic carbocycles. The molecule has 37 heavy (non-hydrogen) atoms. The molecule has 1 atom stereocenters. The van der Waals surface area contributed by atoms with Crippen molar-refractivity contribution in [3.63, 3.8) is 0 Å². The Morgan fingerprint density at radius 2 is 2.11 bits per heavy atom. The molecule has 4 rings (SSSR count). The Morgan fingerprint density at radius 1 is 1.27 bits per heavy atom. The summed E-state index contributed by atoms with van der Waals surface area (Å²) in [5.74, 6) is 0.538. The van der Waals surface area contributed by atoms with Crippen molar-refractivity contribution < 1.29 is 9.59 Å². The van der Waals surface area contributed by atoms with Crippen molar-refractivity contribution >= 4 is 40.3 Å². The number of likely N-dealkylation sites (tertiary alicyclic amines) is 1. The third-order valence-electron chi connectivity index (χ3n) is 6.32. The Kier molecular flexibility index (Phi) is 9.14. The number of unbranched alkanes of at least 4 members (excludes halogenated alkanes) is 1. The average molecular weight is 524 g/mol. The van der Waals surface area contributed by atoms with Crippen molar-refractivity contribution in [3.05, 3.63) is 53.8 Å². The van der Waals surface area contributed by atoms with Crippen LogP contribution >= 0.6 is 11.6 Å². The van der Waals surface area contributed by atoms with Gasteiger partial charge in [0, 0.05) is 67.4 Å². The highest BCUT2D eigenvalue weighted by molar-refractivity contribution is 6.33. The lowest BCUT2D eigenvalue weighted by Gasteiger charge is -2.17. The fourth-order valence-electron chi connectivity index (χ4n) is 4.38. The van der Waals surface area contributed by atoms with E-state index in [1.807, 2.05) is 60.4 Å². The Bertz CT molecular complexity index is 1260. The summed E-state index contributed by atoms with van der Waals surface area (Å²) in [5, 5.41) is 7.77. The van der Waals surface area contributed by atoms with Crippen LogP contribution in [0.3, 0.4) is 0 Å². The lowest BCUT2D eigenvalue weighted by atomic mass is 10.1. The minimum absolute atomic E-state index is 0.0779. The highest BCUT2D eigenvalue weighted by Gasteiger charge is 2.26. The molecule has 0 spiro atoms. The van der Waals surface area contributed by atoms with Gasteiger partial charge in [-0.05, 0) is 39.4 Å². The SMILES string of the molecule is CN(C)CC=CC(=O)NCCCCC(=O)N1CCC(Nc2ncc(Cl)c(-c3c[nH]c4ccccc34)n2)C1. The Labute approximate surface area is 222 Å². The second kappa shape index (κ2) is 12.7. The highest BCUT2D eigenvalue weighted by atomic mass is 35.5. The second-order valence-electron chi connectivity index (χ2n) is 9.52. The predicted molar refractivity (Wildman–Crippen MR) is 147 cm³/mol. The predicted octanol–water partition coefficient (Wildman–Crippen LogP) is 3.70. The van der Waals surface area contributed by atoms with E-state index >= 15 is 0 Å². The summed E-state index contributed by atoms with van der Waals surface area (Å²) in [4.78, 5) is 40.6. The van der Waals surface area contributed by atoms with E-state index in [1.165, 1.54) is 0 Å². The van der Waals surface area contributed by atoms with E-state index in [2.05, 4.69) is 20.6 Å². The average Bonchev–Trinajstić information content (AvgIpc) is 3.52. The number of aromatic nitrogens is 3. The fraction of sp³-hybridized carbons (Fsp3) is 0.407. The summed E-state index contributed by atoms with van der Waals surface area (Å²) >= 11 is 6.44. The minimum Gasteiger partial charge on any atom is -0.360 e. The number of hydrogen-bond acceptors (Lipinski definition) is 6. The van der Waals surface area contributed by atoms with Crippen LogP contribution in [-0.4, -0.2) is 82.9 Å². The first-order chi connectivity index (χ1) is 17.9. The molecule has 0 radical (unpaired) electrons. The number of anilines is 1. The first-order valence-corrected chi connectivity index (χ1v) is 13.0. The molecule has 1 fully saturated rings. The van der Waals surface area contributed by atoms with Gasteiger partial charge in [0.25, 0.3) is 0 Å². The van der Waals surface area contributed by atoms with Crippen LogP contribution in [0.15, 0.2) is 48.8 Å². The van der Waals surface area contributed by atoms with Gasteiger partial charge in [-0.1, -0.05) is 35.9 Å². The third kappa shape index (κ3) is 7.30. The molecule has 196 valence electrons. The number of fused-ring (bicyclic) bond motifs is 1. The standard InChI is InChI=1S/C27H34ClN7O2/c1-34(2)14-7-10-24(36)29-13-6-5-11-25(37)35-15-12-19(18-35)32-27-31-17-22(28)26(33-27)21-16-30-23-9-4-3-8-20(21)23/h3-4,7-10,16-17,19,30H,5-6,11-15,18H2,1-2H3,(H,29,36)(H,31,32,33). The Hall–Kier alpha value is -3.43. The number of carbonyl (C=O) groups is 2. The van der Waals surface area contributed by atoms with E-state index in [0.29, 0.717) is 42.7 Å². The first kappa shape index (κ1) is 26.6. The molecule has 2 aromatic heterocycles. The third-order valence-corrected chi connectivity index (χ3v) is 6.60. The molecule has 9 nitrogen and oxygen atoms in total. The summed E-state index contributed by atoms with van der Waals surface area (Å²) in [6, 6.07) is 8.09.